The zero-order valence-corrected chi connectivity index (χ0v) is 11.0. The van der Waals surface area contributed by atoms with Gasteiger partial charge >= 0.3 is 0 Å². The van der Waals surface area contributed by atoms with Crippen LogP contribution in [0.25, 0.3) is 0 Å². The molecule has 0 aromatic carbocycles. The lowest BCUT2D eigenvalue weighted by Crippen LogP contribution is -2.39. The fourth-order valence-electron chi connectivity index (χ4n) is 1.55. The Morgan fingerprint density at radius 3 is 2.88 bits per heavy atom. The van der Waals surface area contributed by atoms with Crippen LogP contribution in [-0.4, -0.2) is 34.2 Å². The number of aliphatic hydroxyl groups is 1. The molecule has 0 saturated heterocycles. The molecule has 1 aromatic rings. The lowest BCUT2D eigenvalue weighted by Gasteiger charge is -2.22. The smallest absolute Gasteiger partial charge is 0.0833 e. The molecule has 3 nitrogen and oxygen atoms in total. The van der Waals surface area contributed by atoms with E-state index >= 15 is 0 Å². The Bertz CT molecular complexity index is 329. The number of aromatic nitrogens is 1. The molecule has 1 rings (SSSR count). The Labute approximate surface area is 102 Å². The predicted molar refractivity (Wildman–Crippen MR) is 69.7 cm³/mol. The quantitative estimate of drug-likeness (QED) is 0.792. The Kier molecular flexibility index (Phi) is 5.25. The molecule has 0 bridgehead atoms. The number of thioether (sulfide) groups is 1. The molecule has 0 aliphatic heterocycles. The lowest BCUT2D eigenvalue weighted by molar-refractivity contribution is 0.0846. The first-order chi connectivity index (χ1) is 7.53. The summed E-state index contributed by atoms with van der Waals surface area (Å²) in [5, 5.41) is 13.2. The van der Waals surface area contributed by atoms with E-state index in [-0.39, 0.29) is 0 Å². The van der Waals surface area contributed by atoms with Gasteiger partial charge in [-0.25, -0.2) is 0 Å². The van der Waals surface area contributed by atoms with Gasteiger partial charge in [0.1, 0.15) is 0 Å². The van der Waals surface area contributed by atoms with Crippen molar-refractivity contribution in [1.29, 1.82) is 0 Å². The summed E-state index contributed by atoms with van der Waals surface area (Å²) in [6.45, 7) is 5.23. The fraction of sp³-hybridized carbons (Fsp3) is 0.583. The summed E-state index contributed by atoms with van der Waals surface area (Å²) < 4.78 is 0. The zero-order valence-electron chi connectivity index (χ0n) is 10.2. The minimum atomic E-state index is -0.642. The lowest BCUT2D eigenvalue weighted by atomic mass is 10.1. The third-order valence-electron chi connectivity index (χ3n) is 2.22. The van der Waals surface area contributed by atoms with Crippen molar-refractivity contribution in [3.05, 3.63) is 29.6 Å². The van der Waals surface area contributed by atoms with Crippen molar-refractivity contribution < 1.29 is 5.11 Å². The van der Waals surface area contributed by atoms with E-state index in [4.69, 9.17) is 0 Å². The van der Waals surface area contributed by atoms with Gasteiger partial charge in [-0.1, -0.05) is 6.07 Å². The Morgan fingerprint density at radius 2 is 2.25 bits per heavy atom. The second-order valence-corrected chi connectivity index (χ2v) is 5.27. The largest absolute Gasteiger partial charge is 0.388 e. The predicted octanol–water partition coefficient (Wildman–Crippen LogP) is 1.59. The summed E-state index contributed by atoms with van der Waals surface area (Å²) >= 11 is 1.65. The second kappa shape index (κ2) is 6.23. The number of hydrogen-bond donors (Lipinski definition) is 2. The second-order valence-electron chi connectivity index (χ2n) is 4.40. The maximum Gasteiger partial charge on any atom is 0.0833 e. The number of aryl methyl sites for hydroxylation is 1. The molecule has 4 heteroatoms. The van der Waals surface area contributed by atoms with E-state index in [2.05, 4.69) is 16.4 Å². The minimum Gasteiger partial charge on any atom is -0.388 e. The molecule has 1 unspecified atom stereocenters. The topological polar surface area (TPSA) is 45.1 Å². The van der Waals surface area contributed by atoms with Gasteiger partial charge in [-0.05, 0) is 31.2 Å². The molecular formula is C12H20N2OS. The average molecular weight is 240 g/mol. The summed E-state index contributed by atoms with van der Waals surface area (Å²) in [6, 6.07) is 2.10. The van der Waals surface area contributed by atoms with Crippen LogP contribution in [0.3, 0.4) is 0 Å². The van der Waals surface area contributed by atoms with Crippen molar-refractivity contribution in [2.45, 2.75) is 26.0 Å². The average Bonchev–Trinajstić information content (AvgIpc) is 2.17. The first-order valence-corrected chi connectivity index (χ1v) is 6.75. The van der Waals surface area contributed by atoms with Crippen molar-refractivity contribution in [1.82, 2.24) is 10.3 Å². The highest BCUT2D eigenvalue weighted by Gasteiger charge is 2.18. The van der Waals surface area contributed by atoms with E-state index < -0.39 is 5.60 Å². The van der Waals surface area contributed by atoms with E-state index in [1.807, 2.05) is 32.5 Å². The van der Waals surface area contributed by atoms with Crippen LogP contribution in [0.4, 0.5) is 0 Å². The number of nitrogens with zero attached hydrogens (tertiary/aromatic N) is 1. The molecule has 2 N–H and O–H groups in total. The minimum absolute atomic E-state index is 0.599. The molecular weight excluding hydrogens is 220 g/mol. The highest BCUT2D eigenvalue weighted by atomic mass is 32.2. The van der Waals surface area contributed by atoms with Crippen LogP contribution in [0.5, 0.6) is 0 Å². The maximum absolute atomic E-state index is 9.95. The van der Waals surface area contributed by atoms with E-state index in [9.17, 15) is 5.11 Å². The molecule has 0 amide bonds. The van der Waals surface area contributed by atoms with Gasteiger partial charge in [0, 0.05) is 31.2 Å². The van der Waals surface area contributed by atoms with Crippen LogP contribution in [-0.2, 0) is 6.54 Å². The van der Waals surface area contributed by atoms with Gasteiger partial charge in [-0.15, -0.1) is 0 Å². The summed E-state index contributed by atoms with van der Waals surface area (Å²) in [4.78, 5) is 4.13. The van der Waals surface area contributed by atoms with E-state index in [1.54, 1.807) is 11.8 Å². The Balaban J connectivity index is 2.35. The van der Waals surface area contributed by atoms with Crippen molar-refractivity contribution >= 4 is 11.8 Å². The summed E-state index contributed by atoms with van der Waals surface area (Å²) in [6.07, 6.45) is 5.69. The highest BCUT2D eigenvalue weighted by Crippen LogP contribution is 2.09. The number of pyridine rings is 1. The summed E-state index contributed by atoms with van der Waals surface area (Å²) in [7, 11) is 0. The first-order valence-electron chi connectivity index (χ1n) is 5.36. The van der Waals surface area contributed by atoms with Gasteiger partial charge in [0.05, 0.1) is 5.60 Å². The molecule has 0 aliphatic rings. The third kappa shape index (κ3) is 4.96. The number of rotatable bonds is 6. The monoisotopic (exact) mass is 240 g/mol. The third-order valence-corrected chi connectivity index (χ3v) is 3.13. The van der Waals surface area contributed by atoms with Crippen molar-refractivity contribution in [3.63, 3.8) is 0 Å². The summed E-state index contributed by atoms with van der Waals surface area (Å²) in [5.74, 6) is 0.742. The molecule has 0 radical (unpaired) electrons. The maximum atomic E-state index is 9.95. The van der Waals surface area contributed by atoms with Crippen LogP contribution in [0.15, 0.2) is 18.5 Å². The standard InChI is InChI=1S/C12H20N2OS/c1-10-4-11(6-13-5-10)7-14-8-12(2,15)9-16-3/h4-6,14-15H,7-9H2,1-3H3. The first kappa shape index (κ1) is 13.5. The molecule has 0 saturated carbocycles. The Hall–Kier alpha value is -0.580. The van der Waals surface area contributed by atoms with Gasteiger partial charge in [-0.3, -0.25) is 4.98 Å². The molecule has 0 fully saturated rings. The van der Waals surface area contributed by atoms with Crippen molar-refractivity contribution in [2.24, 2.45) is 0 Å². The molecule has 0 aliphatic carbocycles. The molecule has 1 aromatic heterocycles. The highest BCUT2D eigenvalue weighted by molar-refractivity contribution is 7.98. The number of nitrogens with one attached hydrogen (secondary N) is 1. The molecule has 0 spiro atoms. The number of hydrogen-bond acceptors (Lipinski definition) is 4. The molecule has 90 valence electrons. The van der Waals surface area contributed by atoms with Gasteiger partial charge in [0.2, 0.25) is 0 Å². The normalized spacial score (nSPS) is 14.8. The molecule has 1 atom stereocenters. The van der Waals surface area contributed by atoms with Crippen LogP contribution < -0.4 is 5.32 Å². The van der Waals surface area contributed by atoms with Crippen molar-refractivity contribution in [3.8, 4) is 0 Å². The van der Waals surface area contributed by atoms with Gasteiger partial charge in [0.25, 0.3) is 0 Å². The van der Waals surface area contributed by atoms with Crippen LogP contribution in [0.2, 0.25) is 0 Å². The van der Waals surface area contributed by atoms with Gasteiger partial charge < -0.3 is 10.4 Å². The SMILES string of the molecule is CSCC(C)(O)CNCc1cncc(C)c1. The molecule has 16 heavy (non-hydrogen) atoms. The molecule has 1 heterocycles. The van der Waals surface area contributed by atoms with Gasteiger partial charge in [-0.2, -0.15) is 11.8 Å². The van der Waals surface area contributed by atoms with E-state index in [0.29, 0.717) is 6.54 Å². The summed E-state index contributed by atoms with van der Waals surface area (Å²) in [5.41, 5.74) is 1.67. The van der Waals surface area contributed by atoms with E-state index in [1.165, 1.54) is 0 Å². The van der Waals surface area contributed by atoms with Crippen LogP contribution in [0.1, 0.15) is 18.1 Å². The Morgan fingerprint density at radius 1 is 1.50 bits per heavy atom. The van der Waals surface area contributed by atoms with Gasteiger partial charge in [0.15, 0.2) is 0 Å². The van der Waals surface area contributed by atoms with E-state index in [0.717, 1.165) is 23.4 Å². The van der Waals surface area contributed by atoms with Crippen molar-refractivity contribution in [2.75, 3.05) is 18.6 Å². The van der Waals surface area contributed by atoms with Crippen LogP contribution >= 0.6 is 11.8 Å². The van der Waals surface area contributed by atoms with Crippen LogP contribution in [0, 0.1) is 6.92 Å². The zero-order chi connectivity index (χ0) is 12.0. The fourth-order valence-corrected chi connectivity index (χ4v) is 2.28.